The van der Waals surface area contributed by atoms with E-state index in [1.807, 2.05) is 36.4 Å². The first-order valence-corrected chi connectivity index (χ1v) is 11.5. The minimum Gasteiger partial charge on any atom is -0.487 e. The van der Waals surface area contributed by atoms with Gasteiger partial charge in [-0.25, -0.2) is 4.39 Å². The highest BCUT2D eigenvalue weighted by atomic mass is 32.1. The fraction of sp³-hybridized carbons (Fsp3) is 0.320. The molecule has 4 nitrogen and oxygen atoms in total. The Morgan fingerprint density at radius 2 is 1.84 bits per heavy atom. The maximum Gasteiger partial charge on any atom is 0.261 e. The molecular formula is C25H25FN2O2S. The van der Waals surface area contributed by atoms with Crippen molar-refractivity contribution in [3.63, 3.8) is 0 Å². The van der Waals surface area contributed by atoms with E-state index in [0.717, 1.165) is 54.1 Å². The van der Waals surface area contributed by atoms with Gasteiger partial charge in [0.2, 0.25) is 0 Å². The lowest BCUT2D eigenvalue weighted by molar-refractivity contribution is -0.0195. The second-order valence-corrected chi connectivity index (χ2v) is 9.61. The Morgan fingerprint density at radius 1 is 1.10 bits per heavy atom. The summed E-state index contributed by atoms with van der Waals surface area (Å²) < 4.78 is 19.7. The molecule has 3 aromatic rings. The van der Waals surface area contributed by atoms with Crippen molar-refractivity contribution in [2.24, 2.45) is 0 Å². The van der Waals surface area contributed by atoms with Crippen LogP contribution in [0.4, 0.5) is 4.39 Å². The van der Waals surface area contributed by atoms with E-state index < -0.39 is 0 Å². The second-order valence-electron chi connectivity index (χ2n) is 8.53. The normalized spacial score (nSPS) is 20.1. The zero-order chi connectivity index (χ0) is 21.4. The Labute approximate surface area is 185 Å². The smallest absolute Gasteiger partial charge is 0.261 e. The second kappa shape index (κ2) is 8.09. The minimum absolute atomic E-state index is 0.0804. The van der Waals surface area contributed by atoms with E-state index >= 15 is 0 Å². The molecule has 0 aliphatic carbocycles. The molecule has 1 atom stereocenters. The number of benzene rings is 2. The summed E-state index contributed by atoms with van der Waals surface area (Å²) in [5.41, 5.74) is 1.72. The number of rotatable bonds is 3. The van der Waals surface area contributed by atoms with Gasteiger partial charge in [0.15, 0.2) is 0 Å². The summed E-state index contributed by atoms with van der Waals surface area (Å²) in [5, 5.41) is 3.27. The van der Waals surface area contributed by atoms with Crippen LogP contribution in [0.5, 0.6) is 5.75 Å². The summed E-state index contributed by atoms with van der Waals surface area (Å²) in [6.45, 7) is 1.99. The third-order valence-electron chi connectivity index (χ3n) is 6.36. The molecule has 1 spiro atoms. The van der Waals surface area contributed by atoms with Crippen LogP contribution in [0.3, 0.4) is 0 Å². The molecule has 1 aromatic heterocycles. The third kappa shape index (κ3) is 4.10. The van der Waals surface area contributed by atoms with Gasteiger partial charge in [-0.05, 0) is 55.8 Å². The lowest BCUT2D eigenvalue weighted by Gasteiger charge is -2.46. The average Bonchev–Trinajstić information content (AvgIpc) is 3.27. The Kier molecular flexibility index (Phi) is 5.28. The van der Waals surface area contributed by atoms with E-state index in [4.69, 9.17) is 4.74 Å². The summed E-state index contributed by atoms with van der Waals surface area (Å²) in [4.78, 5) is 17.1. The fourth-order valence-corrected chi connectivity index (χ4v) is 5.45. The predicted octanol–water partition coefficient (Wildman–Crippen LogP) is 5.27. The molecule has 31 heavy (non-hydrogen) atoms. The number of carbonyl (C=O) groups excluding carboxylic acids is 1. The highest BCUT2D eigenvalue weighted by molar-refractivity contribution is 7.17. The molecule has 0 bridgehead atoms. The monoisotopic (exact) mass is 436 g/mol. The number of carbonyl (C=O) groups is 1. The van der Waals surface area contributed by atoms with Gasteiger partial charge in [-0.2, -0.15) is 0 Å². The molecule has 1 fully saturated rings. The number of para-hydroxylation sites is 1. The van der Waals surface area contributed by atoms with Crippen molar-refractivity contribution in [2.75, 3.05) is 20.1 Å². The van der Waals surface area contributed by atoms with Crippen LogP contribution >= 0.6 is 11.3 Å². The van der Waals surface area contributed by atoms with Gasteiger partial charge in [-0.15, -0.1) is 11.3 Å². The van der Waals surface area contributed by atoms with Crippen molar-refractivity contribution in [2.45, 2.75) is 30.9 Å². The number of hydrogen-bond donors (Lipinski definition) is 1. The first-order valence-electron chi connectivity index (χ1n) is 10.6. The van der Waals surface area contributed by atoms with Gasteiger partial charge in [0.05, 0.1) is 10.9 Å². The summed E-state index contributed by atoms with van der Waals surface area (Å²) in [5.74, 6) is 0.532. The van der Waals surface area contributed by atoms with Crippen LogP contribution in [-0.2, 0) is 0 Å². The number of piperidine rings is 1. The van der Waals surface area contributed by atoms with Gasteiger partial charge in [0.1, 0.15) is 17.2 Å². The quantitative estimate of drug-likeness (QED) is 0.608. The molecule has 3 heterocycles. The SMILES string of the molecule is CN1CCC2(CC1)C[C@@H](NC(=O)c1ccc(-c3ccc(F)cc3)s1)c1ccccc1O2. The number of likely N-dealkylation sites (tertiary alicyclic amines) is 1. The fourth-order valence-electron chi connectivity index (χ4n) is 4.54. The largest absolute Gasteiger partial charge is 0.487 e. The molecule has 0 radical (unpaired) electrons. The van der Waals surface area contributed by atoms with Crippen LogP contribution in [0.25, 0.3) is 10.4 Å². The molecule has 6 heteroatoms. The lowest BCUT2D eigenvalue weighted by Crippen LogP contribution is -2.51. The summed E-state index contributed by atoms with van der Waals surface area (Å²) >= 11 is 1.42. The molecule has 1 N–H and O–H groups in total. The van der Waals surface area contributed by atoms with Crippen molar-refractivity contribution in [3.8, 4) is 16.2 Å². The molecule has 5 rings (SSSR count). The molecule has 0 saturated carbocycles. The van der Waals surface area contributed by atoms with Crippen LogP contribution in [0.1, 0.15) is 40.5 Å². The standard InChI is InChI=1S/C25H25FN2O2S/c1-28-14-12-25(13-15-28)16-20(19-4-2-3-5-21(19)30-25)27-24(29)23-11-10-22(31-23)17-6-8-18(26)9-7-17/h2-11,20H,12-16H2,1H3,(H,27,29)/t20-/m1/s1. The topological polar surface area (TPSA) is 41.6 Å². The summed E-state index contributed by atoms with van der Waals surface area (Å²) in [6.07, 6.45) is 2.69. The number of ether oxygens (including phenoxy) is 1. The van der Waals surface area contributed by atoms with Gasteiger partial charge in [-0.3, -0.25) is 4.79 Å². The van der Waals surface area contributed by atoms with E-state index in [1.54, 1.807) is 12.1 Å². The number of amides is 1. The zero-order valence-corrected chi connectivity index (χ0v) is 18.3. The van der Waals surface area contributed by atoms with Crippen LogP contribution in [0.15, 0.2) is 60.7 Å². The summed E-state index contributed by atoms with van der Waals surface area (Å²) in [6, 6.07) is 18.1. The number of halogens is 1. The van der Waals surface area contributed by atoms with Crippen LogP contribution in [0.2, 0.25) is 0 Å². The van der Waals surface area contributed by atoms with Crippen molar-refractivity contribution in [3.05, 3.63) is 76.9 Å². The van der Waals surface area contributed by atoms with Gasteiger partial charge in [-0.1, -0.05) is 30.3 Å². The Balaban J connectivity index is 1.37. The van der Waals surface area contributed by atoms with Crippen LogP contribution < -0.4 is 10.1 Å². The molecular weight excluding hydrogens is 411 g/mol. The Hall–Kier alpha value is -2.70. The van der Waals surface area contributed by atoms with E-state index in [9.17, 15) is 9.18 Å². The third-order valence-corrected chi connectivity index (χ3v) is 7.49. The highest BCUT2D eigenvalue weighted by Gasteiger charge is 2.43. The number of fused-ring (bicyclic) bond motifs is 1. The van der Waals surface area contributed by atoms with Crippen molar-refractivity contribution in [1.29, 1.82) is 0 Å². The Morgan fingerprint density at radius 3 is 2.61 bits per heavy atom. The highest BCUT2D eigenvalue weighted by Crippen LogP contribution is 2.44. The number of nitrogens with one attached hydrogen (secondary N) is 1. The van der Waals surface area contributed by atoms with Crippen molar-refractivity contribution >= 4 is 17.2 Å². The maximum absolute atomic E-state index is 13.2. The van der Waals surface area contributed by atoms with Crippen LogP contribution in [0, 0.1) is 5.82 Å². The predicted molar refractivity (Wildman–Crippen MR) is 121 cm³/mol. The lowest BCUT2D eigenvalue weighted by atomic mass is 9.80. The van der Waals surface area contributed by atoms with Gasteiger partial charge in [0.25, 0.3) is 5.91 Å². The van der Waals surface area contributed by atoms with E-state index in [0.29, 0.717) is 4.88 Å². The van der Waals surface area contributed by atoms with E-state index in [-0.39, 0.29) is 23.4 Å². The first kappa shape index (κ1) is 20.2. The molecule has 2 aromatic carbocycles. The first-order chi connectivity index (χ1) is 15.0. The zero-order valence-electron chi connectivity index (χ0n) is 17.4. The van der Waals surface area contributed by atoms with E-state index in [2.05, 4.69) is 17.3 Å². The van der Waals surface area contributed by atoms with E-state index in [1.165, 1.54) is 23.5 Å². The van der Waals surface area contributed by atoms with Crippen molar-refractivity contribution in [1.82, 2.24) is 10.2 Å². The van der Waals surface area contributed by atoms with Gasteiger partial charge in [0, 0.05) is 30.0 Å². The maximum atomic E-state index is 13.2. The molecule has 2 aliphatic rings. The summed E-state index contributed by atoms with van der Waals surface area (Å²) in [7, 11) is 2.14. The Bertz CT molecular complexity index is 1090. The minimum atomic E-state index is -0.265. The molecule has 2 aliphatic heterocycles. The molecule has 1 saturated heterocycles. The van der Waals surface area contributed by atoms with Gasteiger partial charge >= 0.3 is 0 Å². The average molecular weight is 437 g/mol. The van der Waals surface area contributed by atoms with Gasteiger partial charge < -0.3 is 15.0 Å². The molecule has 0 unspecified atom stereocenters. The molecule has 1 amide bonds. The number of nitrogens with zero attached hydrogens (tertiary/aromatic N) is 1. The number of thiophene rings is 1. The van der Waals surface area contributed by atoms with Crippen molar-refractivity contribution < 1.29 is 13.9 Å². The van der Waals surface area contributed by atoms with Crippen LogP contribution in [-0.4, -0.2) is 36.5 Å². The molecule has 160 valence electrons. The number of hydrogen-bond acceptors (Lipinski definition) is 4.